The number of hydrogen-bond donors (Lipinski definition) is 0. The highest BCUT2D eigenvalue weighted by Gasteiger charge is 2.26. The van der Waals surface area contributed by atoms with Crippen molar-refractivity contribution in [1.29, 1.82) is 0 Å². The van der Waals surface area contributed by atoms with Crippen molar-refractivity contribution in [1.82, 2.24) is 0 Å². The normalized spacial score (nSPS) is 14.3. The number of nitrogens with zero attached hydrogens (tertiary/aromatic N) is 1. The molecule has 1 heterocycles. The molecule has 0 amide bonds. The van der Waals surface area contributed by atoms with E-state index in [1.165, 1.54) is 0 Å². The van der Waals surface area contributed by atoms with E-state index in [0.29, 0.717) is 28.7 Å². The highest BCUT2D eigenvalue weighted by molar-refractivity contribution is 14.1. The zero-order valence-corrected chi connectivity index (χ0v) is 21.8. The fourth-order valence-electron chi connectivity index (χ4n) is 3.04. The summed E-state index contributed by atoms with van der Waals surface area (Å²) in [6.45, 7) is 0.421. The van der Waals surface area contributed by atoms with Crippen LogP contribution in [0.15, 0.2) is 71.4 Å². The molecule has 0 aliphatic carbocycles. The van der Waals surface area contributed by atoms with E-state index < -0.39 is 5.97 Å². The zero-order valence-electron chi connectivity index (χ0n) is 16.8. The molecule has 0 spiro atoms. The zero-order chi connectivity index (χ0) is 22.7. The number of ether oxygens (including phenoxy) is 3. The van der Waals surface area contributed by atoms with Gasteiger partial charge in [0.25, 0.3) is 0 Å². The molecule has 8 heteroatoms. The average Bonchev–Trinajstić information content (AvgIpc) is 3.15. The molecule has 0 radical (unpaired) electrons. The first kappa shape index (κ1) is 23.1. The maximum Gasteiger partial charge on any atom is 0.363 e. The number of cyclic esters (lactones) is 1. The lowest BCUT2D eigenvalue weighted by Gasteiger charge is -2.13. The number of aliphatic imine (C=N–C) groups is 1. The van der Waals surface area contributed by atoms with E-state index in [9.17, 15) is 4.79 Å². The minimum Gasteiger partial charge on any atom is -0.493 e. The van der Waals surface area contributed by atoms with Gasteiger partial charge in [-0.15, -0.1) is 0 Å². The number of halogens is 3. The summed E-state index contributed by atoms with van der Waals surface area (Å²) in [6, 6.07) is 19.0. The molecule has 32 heavy (non-hydrogen) atoms. The van der Waals surface area contributed by atoms with Crippen molar-refractivity contribution < 1.29 is 19.0 Å². The second-order valence-electron chi connectivity index (χ2n) is 6.77. The van der Waals surface area contributed by atoms with Gasteiger partial charge in [-0.1, -0.05) is 41.9 Å². The highest BCUT2D eigenvalue weighted by Crippen LogP contribution is 2.36. The molecular weight excluding hydrogens is 656 g/mol. The number of esters is 1. The van der Waals surface area contributed by atoms with Crippen LogP contribution in [0, 0.1) is 7.14 Å². The van der Waals surface area contributed by atoms with Crippen molar-refractivity contribution in [2.24, 2.45) is 4.99 Å². The summed E-state index contributed by atoms with van der Waals surface area (Å²) < 4.78 is 18.7. The quantitative estimate of drug-likeness (QED) is 0.171. The predicted molar refractivity (Wildman–Crippen MR) is 141 cm³/mol. The summed E-state index contributed by atoms with van der Waals surface area (Å²) in [5.41, 5.74) is 2.56. The van der Waals surface area contributed by atoms with E-state index in [1.54, 1.807) is 25.3 Å². The van der Waals surface area contributed by atoms with Gasteiger partial charge in [0.15, 0.2) is 17.2 Å². The Balaban J connectivity index is 1.62. The second-order valence-corrected chi connectivity index (χ2v) is 9.58. The molecule has 3 aromatic rings. The monoisotopic (exact) mass is 671 g/mol. The van der Waals surface area contributed by atoms with Crippen LogP contribution in [-0.2, 0) is 16.1 Å². The number of carbonyl (C=O) groups is 1. The summed E-state index contributed by atoms with van der Waals surface area (Å²) in [7, 11) is 1.58. The molecule has 0 saturated heterocycles. The average molecular weight is 672 g/mol. The Hall–Kier alpha value is -2.11. The van der Waals surface area contributed by atoms with Crippen LogP contribution in [0.4, 0.5) is 0 Å². The molecule has 0 aromatic heterocycles. The van der Waals surface area contributed by atoms with Gasteiger partial charge in [0.2, 0.25) is 5.90 Å². The molecule has 1 aliphatic heterocycles. The molecule has 162 valence electrons. The molecule has 0 N–H and O–H groups in total. The maximum absolute atomic E-state index is 12.4. The minimum atomic E-state index is -0.534. The van der Waals surface area contributed by atoms with Crippen molar-refractivity contribution in [3.8, 4) is 11.5 Å². The van der Waals surface area contributed by atoms with Gasteiger partial charge in [0.1, 0.15) is 6.61 Å². The van der Waals surface area contributed by atoms with E-state index in [-0.39, 0.29) is 11.6 Å². The Labute approximate surface area is 217 Å². The van der Waals surface area contributed by atoms with E-state index in [1.807, 2.05) is 48.5 Å². The molecule has 4 rings (SSSR count). The molecule has 0 atom stereocenters. The van der Waals surface area contributed by atoms with Crippen molar-refractivity contribution in [3.63, 3.8) is 0 Å². The van der Waals surface area contributed by atoms with Gasteiger partial charge in [0, 0.05) is 3.57 Å². The predicted octanol–water partition coefficient (Wildman–Crippen LogP) is 6.48. The second kappa shape index (κ2) is 10.2. The number of carbonyl (C=O) groups excluding carboxylic acids is 1. The highest BCUT2D eigenvalue weighted by atomic mass is 127. The molecule has 0 unspecified atom stereocenters. The third-order valence-corrected chi connectivity index (χ3v) is 6.36. The molecule has 3 aromatic carbocycles. The van der Waals surface area contributed by atoms with Gasteiger partial charge in [-0.3, -0.25) is 0 Å². The minimum absolute atomic E-state index is 0.186. The number of methoxy groups -OCH3 is 1. The third kappa shape index (κ3) is 5.26. The van der Waals surface area contributed by atoms with Crippen LogP contribution in [0.2, 0.25) is 5.02 Å². The van der Waals surface area contributed by atoms with Crippen LogP contribution < -0.4 is 9.47 Å². The van der Waals surface area contributed by atoms with Crippen LogP contribution in [0.25, 0.3) is 6.08 Å². The van der Waals surface area contributed by atoms with Crippen LogP contribution in [0.1, 0.15) is 16.7 Å². The van der Waals surface area contributed by atoms with Gasteiger partial charge < -0.3 is 14.2 Å². The smallest absolute Gasteiger partial charge is 0.363 e. The summed E-state index contributed by atoms with van der Waals surface area (Å²) in [4.78, 5) is 16.8. The number of rotatable bonds is 6. The van der Waals surface area contributed by atoms with Crippen molar-refractivity contribution in [2.75, 3.05) is 7.11 Å². The summed E-state index contributed by atoms with van der Waals surface area (Å²) in [5, 5.41) is 0.467. The van der Waals surface area contributed by atoms with E-state index in [4.69, 9.17) is 25.8 Å². The lowest BCUT2D eigenvalue weighted by Crippen LogP contribution is -2.06. The fraction of sp³-hybridized carbons (Fsp3) is 0.0833. The summed E-state index contributed by atoms with van der Waals surface area (Å²) >= 11 is 10.6. The van der Waals surface area contributed by atoms with Gasteiger partial charge in [0.05, 0.1) is 21.3 Å². The van der Waals surface area contributed by atoms with E-state index in [0.717, 1.165) is 18.3 Å². The van der Waals surface area contributed by atoms with Crippen molar-refractivity contribution in [2.45, 2.75) is 6.61 Å². The first-order valence-electron chi connectivity index (χ1n) is 9.47. The molecule has 0 bridgehead atoms. The standard InChI is InChI=1S/C24H16ClI2NO4/c1-30-21-11-15(9-19(27)22(21)31-13-14-5-3-2-4-6-14)10-20-24(29)32-23(28-20)17-12-16(26)7-8-18(17)25/h2-12H,13H2,1H3/b20-10-. The Kier molecular flexibility index (Phi) is 7.37. The molecule has 1 aliphatic rings. The van der Waals surface area contributed by atoms with Crippen LogP contribution >= 0.6 is 56.8 Å². The van der Waals surface area contributed by atoms with Crippen LogP contribution in [0.3, 0.4) is 0 Å². The number of benzene rings is 3. The molecule has 5 nitrogen and oxygen atoms in total. The summed E-state index contributed by atoms with van der Waals surface area (Å²) in [5.74, 6) is 0.862. The van der Waals surface area contributed by atoms with E-state index in [2.05, 4.69) is 50.2 Å². The molecule has 0 saturated carbocycles. The topological polar surface area (TPSA) is 57.1 Å². The first-order valence-corrected chi connectivity index (χ1v) is 12.0. The van der Waals surface area contributed by atoms with Crippen molar-refractivity contribution >= 4 is 74.7 Å². The first-order chi connectivity index (χ1) is 15.4. The lowest BCUT2D eigenvalue weighted by atomic mass is 10.1. The lowest BCUT2D eigenvalue weighted by molar-refractivity contribution is -0.129. The Morgan fingerprint density at radius 2 is 1.88 bits per heavy atom. The van der Waals surface area contributed by atoms with Crippen molar-refractivity contribution in [3.05, 3.63) is 95.2 Å². The Bertz CT molecular complexity index is 1240. The largest absolute Gasteiger partial charge is 0.493 e. The molecular formula is C24H16ClI2NO4. The third-order valence-electron chi connectivity index (χ3n) is 4.56. The van der Waals surface area contributed by atoms with Gasteiger partial charge in [-0.2, -0.15) is 0 Å². The van der Waals surface area contributed by atoms with Gasteiger partial charge >= 0.3 is 5.97 Å². The van der Waals surface area contributed by atoms with Crippen LogP contribution in [0.5, 0.6) is 11.5 Å². The Morgan fingerprint density at radius 3 is 2.62 bits per heavy atom. The summed E-state index contributed by atoms with van der Waals surface area (Å²) in [6.07, 6.45) is 1.66. The number of hydrogen-bond acceptors (Lipinski definition) is 5. The fourth-order valence-corrected chi connectivity index (χ4v) is 4.51. The van der Waals surface area contributed by atoms with Gasteiger partial charge in [-0.05, 0) is 92.7 Å². The Morgan fingerprint density at radius 1 is 1.09 bits per heavy atom. The van der Waals surface area contributed by atoms with E-state index >= 15 is 0 Å². The van der Waals surface area contributed by atoms with Crippen LogP contribution in [-0.4, -0.2) is 19.0 Å². The molecule has 0 fully saturated rings. The van der Waals surface area contributed by atoms with Gasteiger partial charge in [-0.25, -0.2) is 9.79 Å². The SMILES string of the molecule is COc1cc(/C=C2\N=C(c3cc(I)ccc3Cl)OC2=O)cc(I)c1OCc1ccccc1. The maximum atomic E-state index is 12.4.